The largest absolute Gasteiger partial charge is 0.394 e. The Bertz CT molecular complexity index is 809. The number of aromatic nitrogens is 4. The molecule has 0 spiro atoms. The van der Waals surface area contributed by atoms with E-state index in [1.807, 2.05) is 20.8 Å². The molecule has 2 aliphatic carbocycles. The highest BCUT2D eigenvalue weighted by Crippen LogP contribution is 2.57. The number of aliphatic hydroxyl groups is 1. The van der Waals surface area contributed by atoms with Crippen LogP contribution in [0.25, 0.3) is 5.82 Å². The Morgan fingerprint density at radius 3 is 2.88 bits per heavy atom. The van der Waals surface area contributed by atoms with E-state index in [1.54, 1.807) is 23.3 Å². The molecule has 1 amide bonds. The fourth-order valence-electron chi connectivity index (χ4n) is 3.64. The van der Waals surface area contributed by atoms with Gasteiger partial charge in [-0.05, 0) is 24.2 Å². The molecule has 0 aromatic carbocycles. The van der Waals surface area contributed by atoms with Crippen LogP contribution in [0, 0.1) is 11.3 Å². The summed E-state index contributed by atoms with van der Waals surface area (Å²) < 4.78 is 1.78. The van der Waals surface area contributed by atoms with E-state index in [-0.39, 0.29) is 24.0 Å². The van der Waals surface area contributed by atoms with Crippen molar-refractivity contribution < 1.29 is 9.90 Å². The molecule has 2 N–H and O–H groups in total. The van der Waals surface area contributed by atoms with Crippen LogP contribution in [0.15, 0.2) is 18.6 Å². The third-order valence-electron chi connectivity index (χ3n) is 5.28. The highest BCUT2D eigenvalue weighted by molar-refractivity contribution is 5.94. The number of amides is 1. The quantitative estimate of drug-likeness (QED) is 0.878. The fourth-order valence-corrected chi connectivity index (χ4v) is 3.64. The normalized spacial score (nSPS) is 22.2. The number of aliphatic hydroxyl groups excluding tert-OH is 1. The molecule has 132 valence electrons. The van der Waals surface area contributed by atoms with Gasteiger partial charge in [0.25, 0.3) is 5.91 Å². The first-order valence-electron chi connectivity index (χ1n) is 8.70. The summed E-state index contributed by atoms with van der Waals surface area (Å²) in [7, 11) is 0. The topological polar surface area (TPSA) is 92.9 Å². The number of carbonyl (C=O) groups is 1. The van der Waals surface area contributed by atoms with Gasteiger partial charge in [-0.1, -0.05) is 20.8 Å². The molecule has 0 radical (unpaired) electrons. The summed E-state index contributed by atoms with van der Waals surface area (Å²) in [6.07, 6.45) is 6.96. The molecule has 0 saturated heterocycles. The van der Waals surface area contributed by atoms with Crippen LogP contribution in [0.3, 0.4) is 0 Å². The average Bonchev–Trinajstić information content (AvgIpc) is 3.08. The number of fused-ring (bicyclic) bond motifs is 3. The second-order valence-corrected chi connectivity index (χ2v) is 8.07. The van der Waals surface area contributed by atoms with Crippen LogP contribution in [-0.2, 0) is 6.42 Å². The van der Waals surface area contributed by atoms with Gasteiger partial charge in [0.1, 0.15) is 0 Å². The minimum absolute atomic E-state index is 0.104. The van der Waals surface area contributed by atoms with Crippen molar-refractivity contribution in [3.63, 3.8) is 0 Å². The Morgan fingerprint density at radius 1 is 1.44 bits per heavy atom. The third kappa shape index (κ3) is 2.72. The highest BCUT2D eigenvalue weighted by Gasteiger charge is 2.50. The van der Waals surface area contributed by atoms with Crippen molar-refractivity contribution in [2.45, 2.75) is 45.6 Å². The van der Waals surface area contributed by atoms with E-state index in [0.717, 1.165) is 24.1 Å². The second kappa shape index (κ2) is 5.62. The van der Waals surface area contributed by atoms with E-state index in [2.05, 4.69) is 20.4 Å². The van der Waals surface area contributed by atoms with Crippen molar-refractivity contribution in [1.29, 1.82) is 0 Å². The maximum atomic E-state index is 12.9. The smallest absolute Gasteiger partial charge is 0.272 e. The molecular formula is C18H23N5O2. The molecule has 1 saturated carbocycles. The van der Waals surface area contributed by atoms with Crippen LogP contribution >= 0.6 is 0 Å². The average molecular weight is 341 g/mol. The van der Waals surface area contributed by atoms with Crippen molar-refractivity contribution in [1.82, 2.24) is 25.1 Å². The number of nitrogens with zero attached hydrogens (tertiary/aromatic N) is 4. The van der Waals surface area contributed by atoms with E-state index in [0.29, 0.717) is 23.3 Å². The van der Waals surface area contributed by atoms with Gasteiger partial charge in [0.2, 0.25) is 0 Å². The van der Waals surface area contributed by atoms with Crippen LogP contribution in [0.1, 0.15) is 54.9 Å². The Hall–Kier alpha value is -2.28. The van der Waals surface area contributed by atoms with Crippen LogP contribution in [0.4, 0.5) is 0 Å². The van der Waals surface area contributed by atoms with Crippen molar-refractivity contribution in [3.8, 4) is 5.82 Å². The lowest BCUT2D eigenvalue weighted by atomic mass is 9.87. The van der Waals surface area contributed by atoms with E-state index in [4.69, 9.17) is 0 Å². The van der Waals surface area contributed by atoms with Crippen molar-refractivity contribution in [3.05, 3.63) is 35.5 Å². The first-order chi connectivity index (χ1) is 11.9. The molecule has 1 fully saturated rings. The maximum Gasteiger partial charge on any atom is 0.272 e. The van der Waals surface area contributed by atoms with Crippen molar-refractivity contribution >= 4 is 5.91 Å². The lowest BCUT2D eigenvalue weighted by molar-refractivity contribution is 0.0841. The molecule has 4 rings (SSSR count). The van der Waals surface area contributed by atoms with Crippen molar-refractivity contribution in [2.24, 2.45) is 11.3 Å². The summed E-state index contributed by atoms with van der Waals surface area (Å²) in [6, 6.07) is -0.326. The van der Waals surface area contributed by atoms with Crippen molar-refractivity contribution in [2.75, 3.05) is 6.61 Å². The van der Waals surface area contributed by atoms with Gasteiger partial charge in [-0.15, -0.1) is 0 Å². The maximum absolute atomic E-state index is 12.9. The molecule has 25 heavy (non-hydrogen) atoms. The monoisotopic (exact) mass is 341 g/mol. The zero-order chi connectivity index (χ0) is 17.8. The Balaban J connectivity index is 1.70. The molecule has 2 unspecified atom stereocenters. The van der Waals surface area contributed by atoms with E-state index in [1.165, 1.54) is 0 Å². The Kier molecular flexibility index (Phi) is 3.64. The molecule has 0 aliphatic heterocycles. The van der Waals surface area contributed by atoms with Gasteiger partial charge in [0.15, 0.2) is 11.5 Å². The summed E-state index contributed by atoms with van der Waals surface area (Å²) in [6.45, 7) is 5.87. The van der Waals surface area contributed by atoms with Gasteiger partial charge in [0, 0.05) is 23.9 Å². The summed E-state index contributed by atoms with van der Waals surface area (Å²) in [5, 5.41) is 17.1. The number of hydrogen-bond acceptors (Lipinski definition) is 5. The lowest BCUT2D eigenvalue weighted by Gasteiger charge is -2.29. The third-order valence-corrected chi connectivity index (χ3v) is 5.28. The second-order valence-electron chi connectivity index (χ2n) is 8.07. The first kappa shape index (κ1) is 16.2. The predicted octanol–water partition coefficient (Wildman–Crippen LogP) is 1.46. The van der Waals surface area contributed by atoms with Gasteiger partial charge >= 0.3 is 0 Å². The standard InChI is InChI=1S/C18H23N5O2/c1-18(2,3)13(9-24)21-17(25)15-12-7-10-6-11(10)16(12)23(22-15)14-8-19-4-5-20-14/h4-5,8,10-11,13,24H,6-7,9H2,1-3H3,(H,21,25)/t10?,11-,13?/m0/s1. The minimum Gasteiger partial charge on any atom is -0.394 e. The molecule has 7 heteroatoms. The van der Waals surface area contributed by atoms with Gasteiger partial charge in [-0.3, -0.25) is 9.78 Å². The number of hydrogen-bond donors (Lipinski definition) is 2. The zero-order valence-corrected chi connectivity index (χ0v) is 14.7. The van der Waals surface area contributed by atoms with Gasteiger partial charge < -0.3 is 10.4 Å². The molecule has 7 nitrogen and oxygen atoms in total. The summed E-state index contributed by atoms with van der Waals surface area (Å²) in [5.74, 6) is 1.51. The first-order valence-corrected chi connectivity index (χ1v) is 8.70. The Labute approximate surface area is 146 Å². The fraction of sp³-hybridized carbons (Fsp3) is 0.556. The molecule has 0 bridgehead atoms. The Morgan fingerprint density at radius 2 is 2.24 bits per heavy atom. The van der Waals surface area contributed by atoms with Crippen LogP contribution < -0.4 is 5.32 Å². The van der Waals surface area contributed by atoms with E-state index < -0.39 is 0 Å². The summed E-state index contributed by atoms with van der Waals surface area (Å²) in [5.41, 5.74) is 2.35. The molecular weight excluding hydrogens is 318 g/mol. The van der Waals surface area contributed by atoms with Gasteiger partial charge in [-0.25, -0.2) is 9.67 Å². The van der Waals surface area contributed by atoms with Crippen LogP contribution in [-0.4, -0.2) is 43.4 Å². The van der Waals surface area contributed by atoms with Gasteiger partial charge in [0.05, 0.1) is 24.5 Å². The summed E-state index contributed by atoms with van der Waals surface area (Å²) in [4.78, 5) is 21.3. The van der Waals surface area contributed by atoms with Gasteiger partial charge in [-0.2, -0.15) is 5.10 Å². The number of carbonyl (C=O) groups excluding carboxylic acids is 1. The lowest BCUT2D eigenvalue weighted by Crippen LogP contribution is -2.46. The predicted molar refractivity (Wildman–Crippen MR) is 91.5 cm³/mol. The molecule has 2 aromatic rings. The summed E-state index contributed by atoms with van der Waals surface area (Å²) >= 11 is 0. The highest BCUT2D eigenvalue weighted by atomic mass is 16.3. The van der Waals surface area contributed by atoms with Crippen LogP contribution in [0.2, 0.25) is 0 Å². The zero-order valence-electron chi connectivity index (χ0n) is 14.7. The molecule has 2 heterocycles. The number of nitrogens with one attached hydrogen (secondary N) is 1. The van der Waals surface area contributed by atoms with E-state index >= 15 is 0 Å². The molecule has 2 aliphatic rings. The van der Waals surface area contributed by atoms with E-state index in [9.17, 15) is 9.90 Å². The molecule has 2 aromatic heterocycles. The molecule has 3 atom stereocenters. The SMILES string of the molecule is CC(C)(C)C(CO)NC(=O)c1nn(-c2cnccn2)c2c1CC1C[C@H]21. The minimum atomic E-state index is -0.326. The van der Waals surface area contributed by atoms with Crippen LogP contribution in [0.5, 0.6) is 0 Å². The number of rotatable bonds is 4.